The van der Waals surface area contributed by atoms with Gasteiger partial charge >= 0.3 is 5.97 Å². The maximum absolute atomic E-state index is 12.3. The topological polar surface area (TPSA) is 68.3 Å². The van der Waals surface area contributed by atoms with Gasteiger partial charge in [0.1, 0.15) is 0 Å². The van der Waals surface area contributed by atoms with E-state index < -0.39 is 5.97 Å². The summed E-state index contributed by atoms with van der Waals surface area (Å²) in [5.41, 5.74) is 3.12. The second kappa shape index (κ2) is 5.81. The highest BCUT2D eigenvalue weighted by atomic mass is 16.5. The van der Waals surface area contributed by atoms with Crippen LogP contribution in [0.15, 0.2) is 48.8 Å². The number of nitrogens with one attached hydrogen (secondary N) is 1. The molecule has 0 unspecified atom stereocenters. The van der Waals surface area contributed by atoms with Crippen molar-refractivity contribution in [3.8, 4) is 0 Å². The average Bonchev–Trinajstić information content (AvgIpc) is 2.64. The summed E-state index contributed by atoms with van der Waals surface area (Å²) in [6.45, 7) is 2.04. The number of hydrogen-bond acceptors (Lipinski definition) is 4. The van der Waals surface area contributed by atoms with Gasteiger partial charge in [0.2, 0.25) is 0 Å². The van der Waals surface area contributed by atoms with Crippen LogP contribution in [0.3, 0.4) is 0 Å². The minimum Gasteiger partial charge on any atom is -0.463 e. The monoisotopic (exact) mass is 294 g/mol. The number of rotatable bonds is 2. The van der Waals surface area contributed by atoms with E-state index in [1.54, 1.807) is 31.5 Å². The normalized spacial score (nSPS) is 14.6. The van der Waals surface area contributed by atoms with E-state index in [1.807, 2.05) is 18.2 Å². The highest BCUT2D eigenvalue weighted by Gasteiger charge is 2.23. The number of nitrogens with zero attached hydrogens (tertiary/aromatic N) is 1. The first kappa shape index (κ1) is 14.0. The molecule has 1 aliphatic heterocycles. The molecule has 5 nitrogen and oxygen atoms in total. The number of benzene rings is 1. The van der Waals surface area contributed by atoms with Crippen molar-refractivity contribution in [2.24, 2.45) is 0 Å². The highest BCUT2D eigenvalue weighted by Crippen LogP contribution is 2.34. The van der Waals surface area contributed by atoms with Crippen LogP contribution in [0.25, 0.3) is 5.57 Å². The zero-order valence-corrected chi connectivity index (χ0v) is 12.0. The molecule has 1 aromatic carbocycles. The van der Waals surface area contributed by atoms with E-state index >= 15 is 0 Å². The number of fused-ring (bicyclic) bond motifs is 2. The lowest BCUT2D eigenvalue weighted by atomic mass is 9.95. The summed E-state index contributed by atoms with van der Waals surface area (Å²) in [5, 5.41) is 2.85. The van der Waals surface area contributed by atoms with Gasteiger partial charge in [0.25, 0.3) is 5.91 Å². The third kappa shape index (κ3) is 2.48. The number of hydrogen-bond donors (Lipinski definition) is 1. The number of aromatic nitrogens is 1. The highest BCUT2D eigenvalue weighted by molar-refractivity contribution is 6.14. The van der Waals surface area contributed by atoms with Gasteiger partial charge in [-0.2, -0.15) is 0 Å². The van der Waals surface area contributed by atoms with Crippen LogP contribution < -0.4 is 5.32 Å². The maximum atomic E-state index is 12.3. The van der Waals surface area contributed by atoms with E-state index in [4.69, 9.17) is 4.74 Å². The van der Waals surface area contributed by atoms with E-state index in [9.17, 15) is 9.59 Å². The molecule has 0 saturated carbocycles. The molecule has 0 bridgehead atoms. The molecule has 1 aliphatic rings. The van der Waals surface area contributed by atoms with Gasteiger partial charge < -0.3 is 10.1 Å². The average molecular weight is 294 g/mol. The Kier molecular flexibility index (Phi) is 3.70. The second-order valence-electron chi connectivity index (χ2n) is 4.73. The molecule has 5 heteroatoms. The Bertz CT molecular complexity index is 781. The maximum Gasteiger partial charge on any atom is 0.331 e. The molecule has 2 aromatic rings. The Morgan fingerprint density at radius 1 is 1.23 bits per heavy atom. The van der Waals surface area contributed by atoms with Crippen molar-refractivity contribution >= 4 is 23.1 Å². The molecule has 1 N–H and O–H groups in total. The first-order valence-corrected chi connectivity index (χ1v) is 6.94. The number of para-hydroxylation sites is 1. The summed E-state index contributed by atoms with van der Waals surface area (Å²) < 4.78 is 5.00. The van der Waals surface area contributed by atoms with Gasteiger partial charge in [-0.1, -0.05) is 18.2 Å². The molecule has 0 radical (unpaired) electrons. The Morgan fingerprint density at radius 2 is 2.05 bits per heavy atom. The van der Waals surface area contributed by atoms with E-state index in [1.165, 1.54) is 6.08 Å². The molecular formula is C17H14N2O3. The van der Waals surface area contributed by atoms with Gasteiger partial charge in [-0.25, -0.2) is 4.79 Å². The Hall–Kier alpha value is -2.95. The first-order chi connectivity index (χ1) is 10.7. The van der Waals surface area contributed by atoms with Gasteiger partial charge in [-0.15, -0.1) is 0 Å². The molecule has 1 aromatic heterocycles. The third-order valence-electron chi connectivity index (χ3n) is 3.37. The molecule has 22 heavy (non-hydrogen) atoms. The fourth-order valence-corrected chi connectivity index (χ4v) is 2.43. The number of ether oxygens (including phenoxy) is 1. The molecule has 0 fully saturated rings. The third-order valence-corrected chi connectivity index (χ3v) is 3.37. The number of anilines is 1. The summed E-state index contributed by atoms with van der Waals surface area (Å²) in [6, 6.07) is 8.96. The molecular weight excluding hydrogens is 280 g/mol. The van der Waals surface area contributed by atoms with Crippen molar-refractivity contribution in [3.05, 3.63) is 65.5 Å². The summed E-state index contributed by atoms with van der Waals surface area (Å²) in [7, 11) is 0. The van der Waals surface area contributed by atoms with Crippen molar-refractivity contribution in [2.75, 3.05) is 11.9 Å². The van der Waals surface area contributed by atoms with Crippen LogP contribution in [0.1, 0.15) is 28.4 Å². The molecule has 3 rings (SSSR count). The lowest BCUT2D eigenvalue weighted by Crippen LogP contribution is -2.11. The summed E-state index contributed by atoms with van der Waals surface area (Å²) >= 11 is 0. The number of amides is 1. The smallest absolute Gasteiger partial charge is 0.331 e. The van der Waals surface area contributed by atoms with E-state index in [0.29, 0.717) is 29.0 Å². The summed E-state index contributed by atoms with van der Waals surface area (Å²) in [6.07, 6.45) is 4.54. The SMILES string of the molecule is CCOC(=O)/C=C1\c2ccccc2NC(=O)c2ccncc21. The lowest BCUT2D eigenvalue weighted by Gasteiger charge is -2.09. The van der Waals surface area contributed by atoms with Gasteiger partial charge in [0, 0.05) is 40.9 Å². The van der Waals surface area contributed by atoms with Gasteiger partial charge in [0.05, 0.1) is 12.2 Å². The Labute approximate surface area is 127 Å². The first-order valence-electron chi connectivity index (χ1n) is 6.94. The predicted molar refractivity (Wildman–Crippen MR) is 82.3 cm³/mol. The van der Waals surface area contributed by atoms with Crippen LogP contribution in [-0.2, 0) is 9.53 Å². The van der Waals surface area contributed by atoms with Crippen LogP contribution in [0, 0.1) is 0 Å². The van der Waals surface area contributed by atoms with Crippen molar-refractivity contribution in [2.45, 2.75) is 6.92 Å². The van der Waals surface area contributed by atoms with Crippen LogP contribution in [-0.4, -0.2) is 23.5 Å². The fraction of sp³-hybridized carbons (Fsp3) is 0.118. The number of esters is 1. The van der Waals surface area contributed by atoms with Crippen molar-refractivity contribution < 1.29 is 14.3 Å². The summed E-state index contributed by atoms with van der Waals surface area (Å²) in [5.74, 6) is -0.673. The van der Waals surface area contributed by atoms with Gasteiger partial charge in [0.15, 0.2) is 0 Å². The molecule has 0 aliphatic carbocycles. The molecule has 0 spiro atoms. The van der Waals surface area contributed by atoms with Crippen molar-refractivity contribution in [1.29, 1.82) is 0 Å². The van der Waals surface area contributed by atoms with Crippen LogP contribution in [0.5, 0.6) is 0 Å². The lowest BCUT2D eigenvalue weighted by molar-refractivity contribution is -0.137. The largest absolute Gasteiger partial charge is 0.463 e. The minimum absolute atomic E-state index is 0.225. The van der Waals surface area contributed by atoms with Crippen LogP contribution in [0.4, 0.5) is 5.69 Å². The van der Waals surface area contributed by atoms with E-state index in [2.05, 4.69) is 10.3 Å². The summed E-state index contributed by atoms with van der Waals surface area (Å²) in [4.78, 5) is 28.3. The number of pyridine rings is 1. The fourth-order valence-electron chi connectivity index (χ4n) is 2.43. The van der Waals surface area contributed by atoms with Crippen molar-refractivity contribution in [1.82, 2.24) is 4.98 Å². The van der Waals surface area contributed by atoms with Crippen LogP contribution >= 0.6 is 0 Å². The van der Waals surface area contributed by atoms with E-state index in [-0.39, 0.29) is 5.91 Å². The van der Waals surface area contributed by atoms with Crippen molar-refractivity contribution in [3.63, 3.8) is 0 Å². The van der Waals surface area contributed by atoms with Crippen LogP contribution in [0.2, 0.25) is 0 Å². The predicted octanol–water partition coefficient (Wildman–Crippen LogP) is 2.64. The Morgan fingerprint density at radius 3 is 2.86 bits per heavy atom. The minimum atomic E-state index is -0.448. The quantitative estimate of drug-likeness (QED) is 0.683. The zero-order chi connectivity index (χ0) is 15.5. The number of carbonyl (C=O) groups excluding carboxylic acids is 2. The molecule has 2 heterocycles. The standard InChI is InChI=1S/C17H14N2O3/c1-2-22-16(20)9-13-11-5-3-4-6-15(11)19-17(21)12-7-8-18-10-14(12)13/h3-10H,2H2,1H3,(H,19,21)/b13-9+. The molecule has 1 amide bonds. The van der Waals surface area contributed by atoms with E-state index in [0.717, 1.165) is 5.56 Å². The zero-order valence-electron chi connectivity index (χ0n) is 12.0. The molecule has 110 valence electrons. The number of carbonyl (C=O) groups is 2. The van der Waals surface area contributed by atoms with Gasteiger partial charge in [-0.05, 0) is 19.1 Å². The molecule has 0 atom stereocenters. The van der Waals surface area contributed by atoms with Gasteiger partial charge in [-0.3, -0.25) is 9.78 Å². The Balaban J connectivity index is 2.24. The molecule has 0 saturated heterocycles. The second-order valence-corrected chi connectivity index (χ2v) is 4.73.